The molecular formula is C20H19Cl2N5O3S. The molecule has 0 bridgehead atoms. The number of imide groups is 1. The molecule has 8 nitrogen and oxygen atoms in total. The molecule has 1 heterocycles. The first-order valence-electron chi connectivity index (χ1n) is 9.08. The first kappa shape index (κ1) is 22.9. The van der Waals surface area contributed by atoms with E-state index in [0.717, 1.165) is 17.3 Å². The Balaban J connectivity index is 2.10. The Morgan fingerprint density at radius 1 is 1.13 bits per heavy atom. The van der Waals surface area contributed by atoms with Gasteiger partial charge in [-0.2, -0.15) is 0 Å². The van der Waals surface area contributed by atoms with Crippen molar-refractivity contribution in [2.75, 3.05) is 14.2 Å². The van der Waals surface area contributed by atoms with Crippen LogP contribution in [0.3, 0.4) is 0 Å². The zero-order valence-electron chi connectivity index (χ0n) is 16.8. The number of benzene rings is 2. The number of carbonyl (C=O) groups is 2. The van der Waals surface area contributed by atoms with Gasteiger partial charge in [0.25, 0.3) is 0 Å². The second kappa shape index (κ2) is 10.0. The normalized spacial score (nSPS) is 11.6. The minimum absolute atomic E-state index is 0.412. The number of amides is 3. The second-order valence-corrected chi connectivity index (χ2v) is 8.48. The van der Waals surface area contributed by atoms with Crippen LogP contribution in [0.5, 0.6) is 5.75 Å². The van der Waals surface area contributed by atoms with Gasteiger partial charge in [-0.3, -0.25) is 14.7 Å². The highest BCUT2D eigenvalue weighted by molar-refractivity contribution is 8.00. The molecule has 0 fully saturated rings. The van der Waals surface area contributed by atoms with Crippen LogP contribution >= 0.6 is 35.0 Å². The Bertz CT molecular complexity index is 1120. The van der Waals surface area contributed by atoms with Gasteiger partial charge in [-0.1, -0.05) is 47.1 Å². The number of urea groups is 1. The molecule has 0 aliphatic carbocycles. The quantitative estimate of drug-likeness (QED) is 0.514. The number of halogens is 2. The van der Waals surface area contributed by atoms with Crippen LogP contribution in [-0.2, 0) is 4.79 Å². The van der Waals surface area contributed by atoms with E-state index in [1.54, 1.807) is 55.0 Å². The van der Waals surface area contributed by atoms with Crippen LogP contribution in [0.1, 0.15) is 6.92 Å². The molecule has 31 heavy (non-hydrogen) atoms. The van der Waals surface area contributed by atoms with Gasteiger partial charge in [0.1, 0.15) is 5.75 Å². The fourth-order valence-electron chi connectivity index (χ4n) is 2.70. The van der Waals surface area contributed by atoms with E-state index < -0.39 is 17.2 Å². The molecule has 2 N–H and O–H groups in total. The average Bonchev–Trinajstić information content (AvgIpc) is 3.16. The molecule has 0 aliphatic heterocycles. The number of methoxy groups -OCH3 is 1. The minimum Gasteiger partial charge on any atom is -0.495 e. The molecule has 0 saturated carbocycles. The van der Waals surface area contributed by atoms with E-state index in [4.69, 9.17) is 27.9 Å². The summed E-state index contributed by atoms with van der Waals surface area (Å²) in [5.74, 6) is 0.558. The fraction of sp³-hybridized carbons (Fsp3) is 0.200. The predicted octanol–water partition coefficient (Wildman–Crippen LogP) is 4.19. The van der Waals surface area contributed by atoms with E-state index in [9.17, 15) is 9.59 Å². The van der Waals surface area contributed by atoms with Crippen LogP contribution in [0.25, 0.3) is 17.1 Å². The lowest BCUT2D eigenvalue weighted by Crippen LogP contribution is -2.41. The van der Waals surface area contributed by atoms with Crippen molar-refractivity contribution in [1.82, 2.24) is 25.4 Å². The molecule has 0 saturated heterocycles. The number of nitrogens with one attached hydrogen (secondary N) is 2. The molecule has 0 radical (unpaired) electrons. The Kier molecular flexibility index (Phi) is 7.42. The van der Waals surface area contributed by atoms with E-state index in [1.165, 1.54) is 7.05 Å². The molecule has 2 aromatic carbocycles. The van der Waals surface area contributed by atoms with E-state index in [2.05, 4.69) is 20.8 Å². The standard InChI is InChI=1S/C20H19Cl2N5O3S/c1-11(18(28)24-19(29)23-2)31-20-26-25-17(12-5-4-6-13(21)9-12)27(20)15-10-14(22)7-8-16(15)30-3/h4-11H,1-3H3,(H2,23,24,28,29). The summed E-state index contributed by atoms with van der Waals surface area (Å²) < 4.78 is 7.25. The third kappa shape index (κ3) is 5.30. The number of aromatic nitrogens is 3. The molecule has 11 heteroatoms. The van der Waals surface area contributed by atoms with Crippen molar-refractivity contribution in [2.45, 2.75) is 17.3 Å². The zero-order valence-corrected chi connectivity index (χ0v) is 19.2. The Hall–Kier alpha value is -2.75. The Morgan fingerprint density at radius 2 is 1.87 bits per heavy atom. The van der Waals surface area contributed by atoms with Gasteiger partial charge in [0, 0.05) is 22.7 Å². The highest BCUT2D eigenvalue weighted by atomic mass is 35.5. The molecule has 162 valence electrons. The topological polar surface area (TPSA) is 98.1 Å². The van der Waals surface area contributed by atoms with Crippen molar-refractivity contribution in [3.05, 3.63) is 52.5 Å². The van der Waals surface area contributed by atoms with Crippen molar-refractivity contribution in [3.8, 4) is 22.8 Å². The van der Waals surface area contributed by atoms with Crippen molar-refractivity contribution in [2.24, 2.45) is 0 Å². The van der Waals surface area contributed by atoms with E-state index >= 15 is 0 Å². The molecule has 0 spiro atoms. The summed E-state index contributed by atoms with van der Waals surface area (Å²) in [5.41, 5.74) is 1.31. The molecular weight excluding hydrogens is 461 g/mol. The fourth-order valence-corrected chi connectivity index (χ4v) is 3.92. The van der Waals surface area contributed by atoms with Gasteiger partial charge in [-0.15, -0.1) is 10.2 Å². The Labute approximate surface area is 193 Å². The number of hydrogen-bond donors (Lipinski definition) is 2. The lowest BCUT2D eigenvalue weighted by Gasteiger charge is -2.16. The van der Waals surface area contributed by atoms with Crippen LogP contribution in [0.15, 0.2) is 47.6 Å². The van der Waals surface area contributed by atoms with Gasteiger partial charge in [0.05, 0.1) is 18.0 Å². The van der Waals surface area contributed by atoms with E-state index in [1.807, 2.05) is 6.07 Å². The summed E-state index contributed by atoms with van der Waals surface area (Å²) in [5, 5.41) is 14.0. The van der Waals surface area contributed by atoms with Gasteiger partial charge in [0.15, 0.2) is 11.0 Å². The summed E-state index contributed by atoms with van der Waals surface area (Å²) in [4.78, 5) is 23.8. The van der Waals surface area contributed by atoms with Crippen LogP contribution in [0.4, 0.5) is 4.79 Å². The molecule has 3 rings (SSSR count). The molecule has 1 unspecified atom stereocenters. The lowest BCUT2D eigenvalue weighted by molar-refractivity contribution is -0.119. The zero-order chi connectivity index (χ0) is 22.5. The highest BCUT2D eigenvalue weighted by Crippen LogP contribution is 2.35. The molecule has 1 aromatic heterocycles. The van der Waals surface area contributed by atoms with Crippen molar-refractivity contribution >= 4 is 46.9 Å². The smallest absolute Gasteiger partial charge is 0.321 e. The summed E-state index contributed by atoms with van der Waals surface area (Å²) >= 11 is 13.6. The lowest BCUT2D eigenvalue weighted by atomic mass is 10.2. The highest BCUT2D eigenvalue weighted by Gasteiger charge is 2.24. The maximum atomic E-state index is 12.3. The van der Waals surface area contributed by atoms with Gasteiger partial charge >= 0.3 is 6.03 Å². The summed E-state index contributed by atoms with van der Waals surface area (Å²) in [6.07, 6.45) is 0. The first-order valence-corrected chi connectivity index (χ1v) is 10.7. The van der Waals surface area contributed by atoms with Gasteiger partial charge < -0.3 is 10.1 Å². The maximum absolute atomic E-state index is 12.3. The molecule has 3 aromatic rings. The molecule has 1 atom stereocenters. The van der Waals surface area contributed by atoms with Gasteiger partial charge in [-0.05, 0) is 37.3 Å². The average molecular weight is 480 g/mol. The number of rotatable bonds is 6. The summed E-state index contributed by atoms with van der Waals surface area (Å²) in [6, 6.07) is 11.7. The minimum atomic E-state index is -0.641. The number of hydrogen-bond acceptors (Lipinski definition) is 6. The van der Waals surface area contributed by atoms with Crippen molar-refractivity contribution < 1.29 is 14.3 Å². The first-order chi connectivity index (χ1) is 14.8. The van der Waals surface area contributed by atoms with Crippen molar-refractivity contribution in [3.63, 3.8) is 0 Å². The van der Waals surface area contributed by atoms with Crippen LogP contribution in [0.2, 0.25) is 10.0 Å². The van der Waals surface area contributed by atoms with Crippen molar-refractivity contribution in [1.29, 1.82) is 0 Å². The van der Waals surface area contributed by atoms with Crippen LogP contribution < -0.4 is 15.4 Å². The third-order valence-electron chi connectivity index (χ3n) is 4.21. The number of thioether (sulfide) groups is 1. The number of carbonyl (C=O) groups excluding carboxylic acids is 2. The number of nitrogens with zero attached hydrogens (tertiary/aromatic N) is 3. The van der Waals surface area contributed by atoms with Crippen LogP contribution in [-0.4, -0.2) is 46.1 Å². The van der Waals surface area contributed by atoms with E-state index in [0.29, 0.717) is 32.5 Å². The molecule has 0 aliphatic rings. The summed E-state index contributed by atoms with van der Waals surface area (Å²) in [7, 11) is 2.97. The molecule has 3 amide bonds. The SMILES string of the molecule is CNC(=O)NC(=O)C(C)Sc1nnc(-c2cccc(Cl)c2)n1-c1cc(Cl)ccc1OC. The maximum Gasteiger partial charge on any atom is 0.321 e. The monoisotopic (exact) mass is 479 g/mol. The predicted molar refractivity (Wildman–Crippen MR) is 121 cm³/mol. The van der Waals surface area contributed by atoms with E-state index in [-0.39, 0.29) is 0 Å². The largest absolute Gasteiger partial charge is 0.495 e. The Morgan fingerprint density at radius 3 is 2.55 bits per heavy atom. The number of ether oxygens (including phenoxy) is 1. The van der Waals surface area contributed by atoms with Crippen LogP contribution in [0, 0.1) is 0 Å². The third-order valence-corrected chi connectivity index (χ3v) is 5.73. The second-order valence-electron chi connectivity index (χ2n) is 6.30. The van der Waals surface area contributed by atoms with Gasteiger partial charge in [-0.25, -0.2) is 4.79 Å². The summed E-state index contributed by atoms with van der Waals surface area (Å²) in [6.45, 7) is 1.66. The van der Waals surface area contributed by atoms with Gasteiger partial charge in [0.2, 0.25) is 5.91 Å².